The number of nitro groups is 1. The van der Waals surface area contributed by atoms with Crippen LogP contribution >= 0.6 is 11.3 Å². The fourth-order valence-electron chi connectivity index (χ4n) is 1.72. The minimum absolute atomic E-state index is 0.136. The quantitative estimate of drug-likeness (QED) is 0.594. The summed E-state index contributed by atoms with van der Waals surface area (Å²) in [6, 6.07) is 0.554. The van der Waals surface area contributed by atoms with Crippen molar-refractivity contribution in [2.45, 2.75) is 23.7 Å². The zero-order valence-corrected chi connectivity index (χ0v) is 12.6. The van der Waals surface area contributed by atoms with E-state index in [-0.39, 0.29) is 9.21 Å². The van der Waals surface area contributed by atoms with E-state index in [0.717, 1.165) is 6.07 Å². The Morgan fingerprint density at radius 1 is 1.62 bits per heavy atom. The van der Waals surface area contributed by atoms with Crippen LogP contribution in [0.3, 0.4) is 0 Å². The molecule has 1 atom stereocenters. The summed E-state index contributed by atoms with van der Waals surface area (Å²) < 4.78 is 28.3. The molecule has 0 spiro atoms. The zero-order valence-electron chi connectivity index (χ0n) is 11.0. The Balaban J connectivity index is 2.14. The number of rotatable bonds is 6. The summed E-state index contributed by atoms with van der Waals surface area (Å²) in [5, 5.41) is 10.6. The van der Waals surface area contributed by atoms with Crippen LogP contribution < -0.4 is 10.5 Å². The van der Waals surface area contributed by atoms with Crippen LogP contribution in [0.15, 0.2) is 29.0 Å². The van der Waals surface area contributed by atoms with Crippen molar-refractivity contribution in [3.63, 3.8) is 0 Å². The van der Waals surface area contributed by atoms with Gasteiger partial charge in [0.15, 0.2) is 5.00 Å². The van der Waals surface area contributed by atoms with E-state index >= 15 is 0 Å². The van der Waals surface area contributed by atoms with E-state index in [4.69, 9.17) is 5.73 Å². The van der Waals surface area contributed by atoms with E-state index in [2.05, 4.69) is 9.71 Å². The van der Waals surface area contributed by atoms with Crippen molar-refractivity contribution in [3.8, 4) is 0 Å². The predicted octanol–water partition coefficient (Wildman–Crippen LogP) is 0.802. The highest BCUT2D eigenvalue weighted by molar-refractivity contribution is 7.91. The number of sulfonamides is 1. The summed E-state index contributed by atoms with van der Waals surface area (Å²) in [5.74, 6) is 0. The lowest BCUT2D eigenvalue weighted by Gasteiger charge is -2.13. The van der Waals surface area contributed by atoms with E-state index < -0.39 is 26.7 Å². The third-order valence-corrected chi connectivity index (χ3v) is 5.60. The first-order chi connectivity index (χ1) is 9.79. The lowest BCUT2D eigenvalue weighted by Crippen LogP contribution is -2.35. The molecule has 0 aliphatic carbocycles. The van der Waals surface area contributed by atoms with Crippen molar-refractivity contribution >= 4 is 32.0 Å². The molecule has 2 heterocycles. The summed E-state index contributed by atoms with van der Waals surface area (Å²) >= 11 is 0.666. The van der Waals surface area contributed by atoms with Gasteiger partial charge in [0.2, 0.25) is 0 Å². The maximum Gasteiger partial charge on any atom is 0.304 e. The van der Waals surface area contributed by atoms with Crippen molar-refractivity contribution in [3.05, 3.63) is 34.9 Å². The van der Waals surface area contributed by atoms with Crippen LogP contribution in [-0.2, 0) is 16.6 Å². The topological polar surface area (TPSA) is 133 Å². The number of aromatic nitrogens is 2. The molecular weight excluding hydrogens is 318 g/mol. The molecule has 114 valence electrons. The Kier molecular flexibility index (Phi) is 4.25. The third kappa shape index (κ3) is 3.56. The van der Waals surface area contributed by atoms with E-state index in [1.54, 1.807) is 30.2 Å². The summed E-state index contributed by atoms with van der Waals surface area (Å²) in [6.07, 6.45) is 4.86. The molecule has 11 heteroatoms. The second-order valence-corrected chi connectivity index (χ2v) is 7.38. The average molecular weight is 331 g/mol. The van der Waals surface area contributed by atoms with Crippen LogP contribution in [0, 0.1) is 10.1 Å². The summed E-state index contributed by atoms with van der Waals surface area (Å²) in [4.78, 5) is 13.9. The highest BCUT2D eigenvalue weighted by Crippen LogP contribution is 2.34. The van der Waals surface area contributed by atoms with Gasteiger partial charge in [-0.05, 0) is 6.92 Å². The number of imidazole rings is 1. The largest absolute Gasteiger partial charge is 0.385 e. The van der Waals surface area contributed by atoms with Crippen molar-refractivity contribution < 1.29 is 13.3 Å². The molecule has 3 N–H and O–H groups in total. The average Bonchev–Trinajstić information content (AvgIpc) is 2.97. The van der Waals surface area contributed by atoms with Crippen LogP contribution in [0.1, 0.15) is 6.92 Å². The first kappa shape index (κ1) is 15.4. The van der Waals surface area contributed by atoms with Crippen LogP contribution in [0.4, 0.5) is 10.7 Å². The van der Waals surface area contributed by atoms with Crippen molar-refractivity contribution in [1.29, 1.82) is 0 Å². The van der Waals surface area contributed by atoms with Gasteiger partial charge in [0.05, 0.1) is 11.3 Å². The van der Waals surface area contributed by atoms with Gasteiger partial charge in [-0.3, -0.25) is 10.1 Å². The molecular formula is C10H13N5O4S2. The molecule has 0 amide bonds. The Morgan fingerprint density at radius 3 is 2.86 bits per heavy atom. The van der Waals surface area contributed by atoms with Gasteiger partial charge in [0, 0.05) is 31.0 Å². The minimum atomic E-state index is -3.85. The number of hydrogen-bond acceptors (Lipinski definition) is 7. The second-order valence-electron chi connectivity index (χ2n) is 4.35. The van der Waals surface area contributed by atoms with Gasteiger partial charge < -0.3 is 10.3 Å². The van der Waals surface area contributed by atoms with E-state index in [0.29, 0.717) is 17.9 Å². The molecule has 2 aromatic rings. The van der Waals surface area contributed by atoms with Crippen molar-refractivity contribution in [2.24, 2.45) is 0 Å². The lowest BCUT2D eigenvalue weighted by atomic mass is 10.4. The molecule has 0 saturated carbocycles. The fraction of sp³-hybridized carbons (Fsp3) is 0.300. The molecule has 0 aliphatic rings. The van der Waals surface area contributed by atoms with Gasteiger partial charge in [-0.25, -0.2) is 18.1 Å². The third-order valence-electron chi connectivity index (χ3n) is 2.58. The monoisotopic (exact) mass is 331 g/mol. The summed E-state index contributed by atoms with van der Waals surface area (Å²) in [5.41, 5.74) is 5.05. The van der Waals surface area contributed by atoms with Crippen LogP contribution in [0.2, 0.25) is 0 Å². The molecule has 9 nitrogen and oxygen atoms in total. The van der Waals surface area contributed by atoms with Crippen molar-refractivity contribution in [1.82, 2.24) is 14.3 Å². The Labute approximate surface area is 124 Å². The highest BCUT2D eigenvalue weighted by Gasteiger charge is 2.26. The van der Waals surface area contributed by atoms with Crippen molar-refractivity contribution in [2.75, 3.05) is 5.73 Å². The highest BCUT2D eigenvalue weighted by atomic mass is 32.2. The number of nitrogens with zero attached hydrogens (tertiary/aromatic N) is 3. The van der Waals surface area contributed by atoms with E-state index in [1.807, 2.05) is 0 Å². The number of anilines is 1. The summed E-state index contributed by atoms with van der Waals surface area (Å²) in [7, 11) is -3.85. The molecule has 21 heavy (non-hydrogen) atoms. The van der Waals surface area contributed by atoms with Crippen LogP contribution in [-0.4, -0.2) is 28.9 Å². The van der Waals surface area contributed by atoms with Gasteiger partial charge >= 0.3 is 5.69 Å². The molecule has 0 radical (unpaired) electrons. The molecule has 2 aromatic heterocycles. The maximum atomic E-state index is 12.2. The normalized spacial score (nSPS) is 13.2. The molecule has 0 aromatic carbocycles. The standard InChI is InChI=1S/C10H13N5O4S2/c1-7(5-14-3-2-12-6-14)13-21(18,19)9-4-8(15(16)17)10(11)20-9/h2-4,6-7,13H,5,11H2,1H3. The zero-order chi connectivity index (χ0) is 15.6. The molecule has 0 bridgehead atoms. The van der Waals surface area contributed by atoms with Gasteiger partial charge in [-0.2, -0.15) is 0 Å². The van der Waals surface area contributed by atoms with Gasteiger partial charge in [0.25, 0.3) is 10.0 Å². The number of nitrogens with two attached hydrogens (primary N) is 1. The van der Waals surface area contributed by atoms with Crippen LogP contribution in [0.25, 0.3) is 0 Å². The molecule has 1 unspecified atom stereocenters. The Bertz CT molecular complexity index is 738. The number of hydrogen-bond donors (Lipinski definition) is 2. The van der Waals surface area contributed by atoms with Gasteiger partial charge in [-0.15, -0.1) is 0 Å². The molecule has 0 aliphatic heterocycles. The molecule has 2 rings (SSSR count). The number of thiophene rings is 1. The first-order valence-electron chi connectivity index (χ1n) is 5.81. The minimum Gasteiger partial charge on any atom is -0.385 e. The summed E-state index contributed by atoms with van der Waals surface area (Å²) in [6.45, 7) is 2.07. The second kappa shape index (κ2) is 5.79. The van der Waals surface area contributed by atoms with E-state index in [9.17, 15) is 18.5 Å². The molecule has 0 fully saturated rings. The number of nitrogens with one attached hydrogen (secondary N) is 1. The smallest absolute Gasteiger partial charge is 0.304 e. The van der Waals surface area contributed by atoms with Gasteiger partial charge in [-0.1, -0.05) is 11.3 Å². The van der Waals surface area contributed by atoms with E-state index in [1.165, 1.54) is 0 Å². The predicted molar refractivity (Wildman–Crippen MR) is 77.4 cm³/mol. The Morgan fingerprint density at radius 2 is 2.33 bits per heavy atom. The fourth-order valence-corrected chi connectivity index (χ4v) is 4.18. The first-order valence-corrected chi connectivity index (χ1v) is 8.11. The van der Waals surface area contributed by atoms with Crippen LogP contribution in [0.5, 0.6) is 0 Å². The Hall–Kier alpha value is -1.98. The lowest BCUT2D eigenvalue weighted by molar-refractivity contribution is -0.383. The SMILES string of the molecule is CC(Cn1ccnc1)NS(=O)(=O)c1cc([N+](=O)[O-])c(N)s1. The maximum absolute atomic E-state index is 12.2. The van der Waals surface area contributed by atoms with Gasteiger partial charge in [0.1, 0.15) is 4.21 Å². The molecule has 0 saturated heterocycles. The number of nitrogen functional groups attached to an aromatic ring is 1.